The number of pyridine rings is 1. The zero-order valence-corrected chi connectivity index (χ0v) is 14.1. The molecule has 0 radical (unpaired) electrons. The van der Waals surface area contributed by atoms with Crippen molar-refractivity contribution in [3.8, 4) is 0 Å². The summed E-state index contributed by atoms with van der Waals surface area (Å²) in [5.41, 5.74) is 2.59. The Morgan fingerprint density at radius 2 is 2.10 bits per heavy atom. The van der Waals surface area contributed by atoms with Crippen molar-refractivity contribution in [3.63, 3.8) is 0 Å². The third-order valence-electron chi connectivity index (χ3n) is 5.11. The number of hydrogen-bond donors (Lipinski definition) is 1. The molecule has 2 nitrogen and oxygen atoms in total. The van der Waals surface area contributed by atoms with E-state index in [2.05, 4.69) is 49.4 Å². The molecule has 3 unspecified atom stereocenters. The molecule has 0 spiro atoms. The van der Waals surface area contributed by atoms with Gasteiger partial charge in [-0.1, -0.05) is 39.7 Å². The molecular formula is C19H32N2. The van der Waals surface area contributed by atoms with Crippen LogP contribution in [0.25, 0.3) is 0 Å². The lowest BCUT2D eigenvalue weighted by atomic mass is 9.92. The van der Waals surface area contributed by atoms with E-state index in [9.17, 15) is 0 Å². The maximum absolute atomic E-state index is 4.67. The van der Waals surface area contributed by atoms with Gasteiger partial charge >= 0.3 is 0 Å². The number of hydrogen-bond acceptors (Lipinski definition) is 2. The van der Waals surface area contributed by atoms with E-state index in [1.54, 1.807) is 0 Å². The minimum Gasteiger partial charge on any atom is -0.313 e. The Kier molecular flexibility index (Phi) is 6.69. The van der Waals surface area contributed by atoms with Crippen LogP contribution < -0.4 is 5.32 Å². The van der Waals surface area contributed by atoms with E-state index in [-0.39, 0.29) is 0 Å². The molecule has 1 N–H and O–H groups in total. The van der Waals surface area contributed by atoms with Crippen LogP contribution in [0.1, 0.15) is 64.1 Å². The molecule has 21 heavy (non-hydrogen) atoms. The minimum absolute atomic E-state index is 0.612. The van der Waals surface area contributed by atoms with Gasteiger partial charge in [0.15, 0.2) is 0 Å². The van der Waals surface area contributed by atoms with Gasteiger partial charge in [-0.05, 0) is 55.7 Å². The largest absolute Gasteiger partial charge is 0.313 e. The van der Waals surface area contributed by atoms with Crippen molar-refractivity contribution in [1.29, 1.82) is 0 Å². The van der Waals surface area contributed by atoms with Crippen molar-refractivity contribution in [3.05, 3.63) is 29.6 Å². The van der Waals surface area contributed by atoms with Gasteiger partial charge in [0.2, 0.25) is 0 Å². The summed E-state index contributed by atoms with van der Waals surface area (Å²) in [4.78, 5) is 4.67. The summed E-state index contributed by atoms with van der Waals surface area (Å²) in [5.74, 6) is 1.80. The molecule has 3 atom stereocenters. The van der Waals surface area contributed by atoms with Crippen molar-refractivity contribution in [2.45, 2.75) is 71.8 Å². The fourth-order valence-electron chi connectivity index (χ4n) is 3.60. The van der Waals surface area contributed by atoms with Crippen molar-refractivity contribution in [2.24, 2.45) is 11.8 Å². The molecule has 0 saturated heterocycles. The number of aromatic nitrogens is 1. The first-order valence-electron chi connectivity index (χ1n) is 8.93. The molecular weight excluding hydrogens is 256 g/mol. The highest BCUT2D eigenvalue weighted by Gasteiger charge is 2.29. The van der Waals surface area contributed by atoms with Crippen LogP contribution in [0.4, 0.5) is 0 Å². The summed E-state index contributed by atoms with van der Waals surface area (Å²) in [6, 6.07) is 5.08. The van der Waals surface area contributed by atoms with Crippen LogP contribution in [0.5, 0.6) is 0 Å². The molecule has 0 bridgehead atoms. The van der Waals surface area contributed by atoms with E-state index < -0.39 is 0 Å². The predicted octanol–water partition coefficient (Wildman–Crippen LogP) is 4.38. The van der Waals surface area contributed by atoms with E-state index >= 15 is 0 Å². The van der Waals surface area contributed by atoms with Crippen molar-refractivity contribution in [2.75, 3.05) is 6.54 Å². The second kappa shape index (κ2) is 8.53. The minimum atomic E-state index is 0.612. The number of aryl methyl sites for hydroxylation is 1. The van der Waals surface area contributed by atoms with E-state index in [1.165, 1.54) is 43.4 Å². The predicted molar refractivity (Wildman–Crippen MR) is 90.5 cm³/mol. The first kappa shape index (κ1) is 16.5. The van der Waals surface area contributed by atoms with Crippen LogP contribution in [0.3, 0.4) is 0 Å². The third-order valence-corrected chi connectivity index (χ3v) is 5.11. The number of rotatable bonds is 8. The van der Waals surface area contributed by atoms with Gasteiger partial charge in [0.05, 0.1) is 0 Å². The zero-order valence-electron chi connectivity index (χ0n) is 14.1. The quantitative estimate of drug-likeness (QED) is 0.768. The van der Waals surface area contributed by atoms with E-state index in [0.29, 0.717) is 6.04 Å². The molecule has 2 rings (SSSR count). The van der Waals surface area contributed by atoms with Gasteiger partial charge in [-0.3, -0.25) is 4.98 Å². The Balaban J connectivity index is 1.98. The summed E-state index contributed by atoms with van der Waals surface area (Å²) in [6.45, 7) is 7.91. The van der Waals surface area contributed by atoms with Gasteiger partial charge < -0.3 is 5.32 Å². The number of nitrogens with one attached hydrogen (secondary N) is 1. The molecule has 0 aromatic carbocycles. The molecule has 0 aliphatic heterocycles. The van der Waals surface area contributed by atoms with Gasteiger partial charge in [0.1, 0.15) is 0 Å². The Morgan fingerprint density at radius 3 is 2.67 bits per heavy atom. The van der Waals surface area contributed by atoms with Gasteiger partial charge in [-0.25, -0.2) is 0 Å². The van der Waals surface area contributed by atoms with Gasteiger partial charge in [0.25, 0.3) is 0 Å². The monoisotopic (exact) mass is 288 g/mol. The van der Waals surface area contributed by atoms with Crippen LogP contribution in [0.15, 0.2) is 18.3 Å². The molecule has 2 heteroatoms. The summed E-state index contributed by atoms with van der Waals surface area (Å²) < 4.78 is 0. The van der Waals surface area contributed by atoms with E-state index in [1.807, 2.05) is 0 Å². The molecule has 1 aliphatic carbocycles. The van der Waals surface area contributed by atoms with Gasteiger partial charge in [0, 0.05) is 24.4 Å². The van der Waals surface area contributed by atoms with E-state index in [0.717, 1.165) is 31.2 Å². The third kappa shape index (κ3) is 4.81. The molecule has 1 fully saturated rings. The van der Waals surface area contributed by atoms with Crippen LogP contribution in [-0.4, -0.2) is 17.6 Å². The number of nitrogens with zero attached hydrogens (tertiary/aromatic N) is 1. The zero-order chi connectivity index (χ0) is 15.1. The Bertz CT molecular complexity index is 399. The van der Waals surface area contributed by atoms with Crippen LogP contribution >= 0.6 is 0 Å². The summed E-state index contributed by atoms with van der Waals surface area (Å²) in [7, 11) is 0. The molecule has 1 aromatic rings. The van der Waals surface area contributed by atoms with Crippen molar-refractivity contribution < 1.29 is 0 Å². The maximum atomic E-state index is 4.67. The first-order valence-corrected chi connectivity index (χ1v) is 8.93. The van der Waals surface area contributed by atoms with Gasteiger partial charge in [-0.2, -0.15) is 0 Å². The molecule has 1 saturated carbocycles. The van der Waals surface area contributed by atoms with E-state index in [4.69, 9.17) is 0 Å². The van der Waals surface area contributed by atoms with Crippen LogP contribution in [-0.2, 0) is 12.8 Å². The van der Waals surface area contributed by atoms with Crippen LogP contribution in [0, 0.1) is 11.8 Å². The average Bonchev–Trinajstić information content (AvgIpc) is 3.01. The SMILES string of the molecule is CCCNC(Cc1ccc(CC)cn1)C1CCC(CC)C1. The van der Waals surface area contributed by atoms with Crippen molar-refractivity contribution in [1.82, 2.24) is 10.3 Å². The fourth-order valence-corrected chi connectivity index (χ4v) is 3.60. The van der Waals surface area contributed by atoms with Crippen molar-refractivity contribution >= 4 is 0 Å². The summed E-state index contributed by atoms with van der Waals surface area (Å²) >= 11 is 0. The maximum Gasteiger partial charge on any atom is 0.0419 e. The second-order valence-electron chi connectivity index (χ2n) is 6.62. The summed E-state index contributed by atoms with van der Waals surface area (Å²) in [6.07, 6.45) is 11.0. The highest BCUT2D eigenvalue weighted by molar-refractivity contribution is 5.15. The normalized spacial score (nSPS) is 23.4. The average molecular weight is 288 g/mol. The topological polar surface area (TPSA) is 24.9 Å². The Hall–Kier alpha value is -0.890. The molecule has 0 amide bonds. The fraction of sp³-hybridized carbons (Fsp3) is 0.737. The lowest BCUT2D eigenvalue weighted by molar-refractivity contribution is 0.342. The van der Waals surface area contributed by atoms with Crippen LogP contribution in [0.2, 0.25) is 0 Å². The molecule has 1 aromatic heterocycles. The lowest BCUT2D eigenvalue weighted by Gasteiger charge is -2.25. The highest BCUT2D eigenvalue weighted by atomic mass is 14.9. The standard InChI is InChI=1S/C19H32N2/c1-4-11-20-19(17-9-7-15(5-2)12-17)13-18-10-8-16(6-3)14-21-18/h8,10,14-15,17,19-20H,4-7,9,11-13H2,1-3H3. The van der Waals surface area contributed by atoms with Gasteiger partial charge in [-0.15, -0.1) is 0 Å². The second-order valence-corrected chi connectivity index (χ2v) is 6.62. The molecule has 118 valence electrons. The first-order chi connectivity index (χ1) is 10.3. The molecule has 1 heterocycles. The smallest absolute Gasteiger partial charge is 0.0419 e. The summed E-state index contributed by atoms with van der Waals surface area (Å²) in [5, 5.41) is 3.79. The Labute approximate surface area is 130 Å². The Morgan fingerprint density at radius 1 is 1.24 bits per heavy atom. The molecule has 1 aliphatic rings. The lowest BCUT2D eigenvalue weighted by Crippen LogP contribution is -2.38. The highest BCUT2D eigenvalue weighted by Crippen LogP contribution is 2.35.